The predicted octanol–water partition coefficient (Wildman–Crippen LogP) is 1.09. The van der Waals surface area contributed by atoms with Crippen LogP contribution in [0.4, 0.5) is 0 Å². The number of hydrogen-bond acceptors (Lipinski definition) is 5. The minimum Gasteiger partial charge on any atom is -0.497 e. The summed E-state index contributed by atoms with van der Waals surface area (Å²) >= 11 is 0. The van der Waals surface area contributed by atoms with Gasteiger partial charge in [-0.3, -0.25) is 14.5 Å². The first-order valence-electron chi connectivity index (χ1n) is 8.52. The number of amides is 2. The van der Waals surface area contributed by atoms with Crippen molar-refractivity contribution in [1.82, 2.24) is 15.5 Å². The second-order valence-corrected chi connectivity index (χ2v) is 6.07. The number of nitrogens with one attached hydrogen (secondary N) is 2. The van der Waals surface area contributed by atoms with Crippen LogP contribution in [0.25, 0.3) is 0 Å². The van der Waals surface area contributed by atoms with Gasteiger partial charge in [0, 0.05) is 37.7 Å². The molecule has 0 aliphatic carbocycles. The Morgan fingerprint density at radius 1 is 1.20 bits per heavy atom. The zero-order chi connectivity index (χ0) is 18.2. The van der Waals surface area contributed by atoms with Crippen molar-refractivity contribution in [3.05, 3.63) is 23.8 Å². The smallest absolute Gasteiger partial charge is 0.234 e. The molecule has 25 heavy (non-hydrogen) atoms. The number of methoxy groups -OCH3 is 2. The van der Waals surface area contributed by atoms with E-state index in [1.54, 1.807) is 14.2 Å². The fraction of sp³-hybridized carbons (Fsp3) is 0.556. The lowest BCUT2D eigenvalue weighted by Gasteiger charge is -2.25. The zero-order valence-electron chi connectivity index (χ0n) is 15.1. The van der Waals surface area contributed by atoms with E-state index >= 15 is 0 Å². The van der Waals surface area contributed by atoms with Crippen LogP contribution in [0.1, 0.15) is 31.4 Å². The molecule has 2 amide bonds. The molecule has 1 fully saturated rings. The van der Waals surface area contributed by atoms with E-state index in [9.17, 15) is 9.59 Å². The SMILES string of the molecule is COc1ccc([C@@H]2CCCN2CC(=O)NCCNC(C)=O)c(OC)c1. The van der Waals surface area contributed by atoms with Crippen molar-refractivity contribution >= 4 is 11.8 Å². The summed E-state index contributed by atoms with van der Waals surface area (Å²) in [7, 11) is 3.27. The Morgan fingerprint density at radius 2 is 1.96 bits per heavy atom. The lowest BCUT2D eigenvalue weighted by atomic mass is 10.0. The van der Waals surface area contributed by atoms with Crippen LogP contribution < -0.4 is 20.1 Å². The summed E-state index contributed by atoms with van der Waals surface area (Å²) < 4.78 is 10.8. The number of hydrogen-bond donors (Lipinski definition) is 2. The van der Waals surface area contributed by atoms with Gasteiger partial charge in [-0.05, 0) is 25.5 Å². The first-order chi connectivity index (χ1) is 12.0. The van der Waals surface area contributed by atoms with Gasteiger partial charge in [0.15, 0.2) is 0 Å². The van der Waals surface area contributed by atoms with E-state index in [1.165, 1.54) is 6.92 Å². The van der Waals surface area contributed by atoms with Crippen molar-refractivity contribution in [2.75, 3.05) is 40.4 Å². The molecule has 0 bridgehead atoms. The fourth-order valence-electron chi connectivity index (χ4n) is 3.14. The van der Waals surface area contributed by atoms with Gasteiger partial charge in [-0.25, -0.2) is 0 Å². The molecule has 1 aliphatic heterocycles. The van der Waals surface area contributed by atoms with Crippen molar-refractivity contribution in [2.45, 2.75) is 25.8 Å². The number of ether oxygens (including phenoxy) is 2. The zero-order valence-corrected chi connectivity index (χ0v) is 15.1. The van der Waals surface area contributed by atoms with Gasteiger partial charge >= 0.3 is 0 Å². The van der Waals surface area contributed by atoms with Crippen LogP contribution in [0.3, 0.4) is 0 Å². The normalized spacial score (nSPS) is 17.2. The monoisotopic (exact) mass is 349 g/mol. The number of nitrogens with zero attached hydrogens (tertiary/aromatic N) is 1. The number of carbonyl (C=O) groups is 2. The minimum atomic E-state index is -0.0968. The van der Waals surface area contributed by atoms with Gasteiger partial charge in [0.05, 0.1) is 20.8 Å². The van der Waals surface area contributed by atoms with Crippen LogP contribution in [0.2, 0.25) is 0 Å². The fourth-order valence-corrected chi connectivity index (χ4v) is 3.14. The average molecular weight is 349 g/mol. The summed E-state index contributed by atoms with van der Waals surface area (Å²) in [6.45, 7) is 3.54. The van der Waals surface area contributed by atoms with Crippen molar-refractivity contribution < 1.29 is 19.1 Å². The minimum absolute atomic E-state index is 0.0373. The highest BCUT2D eigenvalue weighted by Crippen LogP contribution is 2.38. The second-order valence-electron chi connectivity index (χ2n) is 6.07. The molecule has 138 valence electrons. The maximum absolute atomic E-state index is 12.2. The molecule has 1 aromatic carbocycles. The van der Waals surface area contributed by atoms with Gasteiger partial charge in [0.25, 0.3) is 0 Å². The third-order valence-corrected chi connectivity index (χ3v) is 4.33. The Kier molecular flexibility index (Phi) is 7.06. The highest BCUT2D eigenvalue weighted by atomic mass is 16.5. The number of carbonyl (C=O) groups excluding carboxylic acids is 2. The summed E-state index contributed by atoms with van der Waals surface area (Å²) in [5, 5.41) is 5.50. The summed E-state index contributed by atoms with van der Waals surface area (Å²) in [5.41, 5.74) is 1.08. The molecule has 1 aliphatic rings. The van der Waals surface area contributed by atoms with Gasteiger partial charge in [-0.15, -0.1) is 0 Å². The molecule has 1 aromatic rings. The molecule has 7 nitrogen and oxygen atoms in total. The Balaban J connectivity index is 1.96. The lowest BCUT2D eigenvalue weighted by molar-refractivity contribution is -0.123. The Bertz CT molecular complexity index is 606. The molecule has 0 spiro atoms. The molecule has 0 aromatic heterocycles. The molecular formula is C18H27N3O4. The van der Waals surface area contributed by atoms with Crippen molar-refractivity contribution in [1.29, 1.82) is 0 Å². The van der Waals surface area contributed by atoms with E-state index in [-0.39, 0.29) is 17.9 Å². The van der Waals surface area contributed by atoms with Crippen LogP contribution in [-0.4, -0.2) is 57.1 Å². The van der Waals surface area contributed by atoms with Gasteiger partial charge in [0.2, 0.25) is 11.8 Å². The van der Waals surface area contributed by atoms with E-state index in [0.717, 1.165) is 36.4 Å². The summed E-state index contributed by atoms with van der Waals surface area (Å²) in [4.78, 5) is 25.1. The van der Waals surface area contributed by atoms with E-state index in [1.807, 2.05) is 18.2 Å². The molecule has 1 saturated heterocycles. The van der Waals surface area contributed by atoms with Crippen molar-refractivity contribution in [3.8, 4) is 11.5 Å². The highest BCUT2D eigenvalue weighted by molar-refractivity contribution is 5.78. The number of rotatable bonds is 8. The second kappa shape index (κ2) is 9.27. The Hall–Kier alpha value is -2.28. The van der Waals surface area contributed by atoms with Crippen LogP contribution >= 0.6 is 0 Å². The largest absolute Gasteiger partial charge is 0.497 e. The first kappa shape index (κ1) is 19.1. The van der Waals surface area contributed by atoms with Crippen LogP contribution in [0, 0.1) is 0 Å². The quantitative estimate of drug-likeness (QED) is 0.687. The first-order valence-corrected chi connectivity index (χ1v) is 8.52. The molecule has 1 heterocycles. The molecule has 0 saturated carbocycles. The highest BCUT2D eigenvalue weighted by Gasteiger charge is 2.29. The summed E-state index contributed by atoms with van der Waals surface area (Å²) in [5.74, 6) is 1.40. The molecular weight excluding hydrogens is 322 g/mol. The molecule has 2 rings (SSSR count). The maximum atomic E-state index is 12.2. The number of likely N-dealkylation sites (tertiary alicyclic amines) is 1. The lowest BCUT2D eigenvalue weighted by Crippen LogP contribution is -2.40. The Labute approximate surface area is 148 Å². The standard InChI is InChI=1S/C18H27N3O4/c1-13(22)19-8-9-20-18(23)12-21-10-4-5-16(21)15-7-6-14(24-2)11-17(15)25-3/h6-7,11,16H,4-5,8-10,12H2,1-3H3,(H,19,22)(H,20,23)/t16-/m0/s1. The van der Waals surface area contributed by atoms with Gasteiger partial charge in [0.1, 0.15) is 11.5 Å². The van der Waals surface area contributed by atoms with E-state index in [4.69, 9.17) is 9.47 Å². The van der Waals surface area contributed by atoms with E-state index in [0.29, 0.717) is 19.6 Å². The van der Waals surface area contributed by atoms with Crippen molar-refractivity contribution in [3.63, 3.8) is 0 Å². The summed E-state index contributed by atoms with van der Waals surface area (Å²) in [6, 6.07) is 5.96. The molecule has 1 atom stereocenters. The van der Waals surface area contributed by atoms with Gasteiger partial charge in [-0.1, -0.05) is 6.07 Å². The third kappa shape index (κ3) is 5.35. The topological polar surface area (TPSA) is 79.9 Å². The molecule has 0 unspecified atom stereocenters. The molecule has 7 heteroatoms. The van der Waals surface area contributed by atoms with E-state index in [2.05, 4.69) is 15.5 Å². The predicted molar refractivity (Wildman–Crippen MR) is 94.8 cm³/mol. The number of benzene rings is 1. The van der Waals surface area contributed by atoms with E-state index < -0.39 is 0 Å². The van der Waals surface area contributed by atoms with Crippen LogP contribution in [-0.2, 0) is 9.59 Å². The van der Waals surface area contributed by atoms with Crippen LogP contribution in [0.5, 0.6) is 11.5 Å². The molecule has 2 N–H and O–H groups in total. The average Bonchev–Trinajstić information content (AvgIpc) is 3.05. The molecule has 0 radical (unpaired) electrons. The van der Waals surface area contributed by atoms with Crippen LogP contribution in [0.15, 0.2) is 18.2 Å². The maximum Gasteiger partial charge on any atom is 0.234 e. The summed E-state index contributed by atoms with van der Waals surface area (Å²) in [6.07, 6.45) is 2.03. The van der Waals surface area contributed by atoms with Gasteiger partial charge < -0.3 is 20.1 Å². The van der Waals surface area contributed by atoms with Gasteiger partial charge in [-0.2, -0.15) is 0 Å². The van der Waals surface area contributed by atoms with Crippen molar-refractivity contribution in [2.24, 2.45) is 0 Å². The third-order valence-electron chi connectivity index (χ3n) is 4.33. The Morgan fingerprint density at radius 3 is 2.64 bits per heavy atom.